The third kappa shape index (κ3) is 4.30. The fourth-order valence-electron chi connectivity index (χ4n) is 1.47. The zero-order valence-electron chi connectivity index (χ0n) is 11.2. The van der Waals surface area contributed by atoms with Crippen molar-refractivity contribution in [2.45, 2.75) is 19.2 Å². The fourth-order valence-corrected chi connectivity index (χ4v) is 1.47. The molecule has 5 nitrogen and oxygen atoms in total. The largest absolute Gasteiger partial charge is 0.466 e. The van der Waals surface area contributed by atoms with Gasteiger partial charge in [-0.25, -0.2) is 9.78 Å². The van der Waals surface area contributed by atoms with Gasteiger partial charge in [0.2, 0.25) is 0 Å². The number of pyridine rings is 1. The van der Waals surface area contributed by atoms with Gasteiger partial charge in [0.25, 0.3) is 0 Å². The van der Waals surface area contributed by atoms with Crippen molar-refractivity contribution in [3.63, 3.8) is 0 Å². The lowest BCUT2D eigenvalue weighted by Gasteiger charge is -2.18. The lowest BCUT2D eigenvalue weighted by molar-refractivity contribution is -0.147. The molecule has 0 spiro atoms. The lowest BCUT2D eigenvalue weighted by Crippen LogP contribution is -2.20. The Hall–Kier alpha value is -2.38. The summed E-state index contributed by atoms with van der Waals surface area (Å²) >= 11 is 0. The van der Waals surface area contributed by atoms with Crippen LogP contribution in [-0.4, -0.2) is 24.0 Å². The highest BCUT2D eigenvalue weighted by molar-refractivity contribution is 5.89. The summed E-state index contributed by atoms with van der Waals surface area (Å²) in [6.07, 6.45) is -6.11. The van der Waals surface area contributed by atoms with E-state index in [1.54, 1.807) is 0 Å². The SMILES string of the molecule is C=C(C(=O)OC)C(OC(C)=O)c1cccc(C(F)(F)F)n1. The van der Waals surface area contributed by atoms with Crippen molar-refractivity contribution in [3.8, 4) is 0 Å². The van der Waals surface area contributed by atoms with Crippen LogP contribution in [0.1, 0.15) is 24.4 Å². The fraction of sp³-hybridized carbons (Fsp3) is 0.308. The van der Waals surface area contributed by atoms with Gasteiger partial charge in [-0.2, -0.15) is 13.2 Å². The average molecular weight is 303 g/mol. The first kappa shape index (κ1) is 16.7. The van der Waals surface area contributed by atoms with Crippen LogP contribution in [0.5, 0.6) is 0 Å². The van der Waals surface area contributed by atoms with Gasteiger partial charge < -0.3 is 9.47 Å². The number of ether oxygens (including phenoxy) is 2. The van der Waals surface area contributed by atoms with E-state index in [-0.39, 0.29) is 11.3 Å². The second kappa shape index (κ2) is 6.38. The molecule has 1 atom stereocenters. The number of aromatic nitrogens is 1. The summed E-state index contributed by atoms with van der Waals surface area (Å²) in [6, 6.07) is 3.04. The molecule has 8 heteroatoms. The minimum atomic E-state index is -4.66. The van der Waals surface area contributed by atoms with E-state index >= 15 is 0 Å². The predicted octanol–water partition coefficient (Wildman–Crippen LogP) is 2.43. The maximum atomic E-state index is 12.6. The van der Waals surface area contributed by atoms with E-state index in [1.165, 1.54) is 6.07 Å². The third-order valence-corrected chi connectivity index (χ3v) is 2.38. The van der Waals surface area contributed by atoms with Crippen LogP contribution in [0.2, 0.25) is 0 Å². The highest BCUT2D eigenvalue weighted by Crippen LogP contribution is 2.30. The number of hydrogen-bond acceptors (Lipinski definition) is 5. The topological polar surface area (TPSA) is 65.5 Å². The smallest absolute Gasteiger partial charge is 0.433 e. The zero-order chi connectivity index (χ0) is 16.2. The van der Waals surface area contributed by atoms with Crippen molar-refractivity contribution in [2.75, 3.05) is 7.11 Å². The lowest BCUT2D eigenvalue weighted by atomic mass is 10.1. The summed E-state index contributed by atoms with van der Waals surface area (Å²) in [7, 11) is 1.07. The van der Waals surface area contributed by atoms with Crippen LogP contribution in [-0.2, 0) is 25.2 Å². The molecule has 0 amide bonds. The number of nitrogens with zero attached hydrogens (tertiary/aromatic N) is 1. The third-order valence-electron chi connectivity index (χ3n) is 2.38. The van der Waals surface area contributed by atoms with Crippen LogP contribution in [0.25, 0.3) is 0 Å². The molecule has 1 rings (SSSR count). The Morgan fingerprint density at radius 1 is 1.33 bits per heavy atom. The molecule has 0 aliphatic carbocycles. The van der Waals surface area contributed by atoms with Crippen LogP contribution >= 0.6 is 0 Å². The molecule has 1 aromatic rings. The van der Waals surface area contributed by atoms with Gasteiger partial charge in [0, 0.05) is 6.92 Å². The number of hydrogen-bond donors (Lipinski definition) is 0. The van der Waals surface area contributed by atoms with Crippen LogP contribution in [0.3, 0.4) is 0 Å². The summed E-state index contributed by atoms with van der Waals surface area (Å²) in [5.74, 6) is -1.72. The Balaban J connectivity index is 3.23. The van der Waals surface area contributed by atoms with Gasteiger partial charge in [-0.15, -0.1) is 0 Å². The van der Waals surface area contributed by atoms with E-state index in [9.17, 15) is 22.8 Å². The molecular formula is C13H12F3NO4. The van der Waals surface area contributed by atoms with Gasteiger partial charge >= 0.3 is 18.1 Å². The monoisotopic (exact) mass is 303 g/mol. The highest BCUT2D eigenvalue weighted by Gasteiger charge is 2.34. The van der Waals surface area contributed by atoms with Crippen LogP contribution < -0.4 is 0 Å². The quantitative estimate of drug-likeness (QED) is 0.631. The number of esters is 2. The van der Waals surface area contributed by atoms with Crippen molar-refractivity contribution >= 4 is 11.9 Å². The molecule has 0 bridgehead atoms. The highest BCUT2D eigenvalue weighted by atomic mass is 19.4. The zero-order valence-corrected chi connectivity index (χ0v) is 11.2. The summed E-state index contributed by atoms with van der Waals surface area (Å²) < 4.78 is 47.1. The van der Waals surface area contributed by atoms with Crippen molar-refractivity contribution in [1.82, 2.24) is 4.98 Å². The second-order valence-corrected chi connectivity index (χ2v) is 3.95. The molecule has 21 heavy (non-hydrogen) atoms. The Bertz CT molecular complexity index is 569. The molecule has 0 radical (unpaired) electrons. The van der Waals surface area contributed by atoms with E-state index < -0.39 is 29.9 Å². The average Bonchev–Trinajstić information content (AvgIpc) is 2.42. The summed E-state index contributed by atoms with van der Waals surface area (Å²) in [4.78, 5) is 25.9. The van der Waals surface area contributed by atoms with Gasteiger partial charge in [-0.1, -0.05) is 12.6 Å². The number of methoxy groups -OCH3 is 1. The van der Waals surface area contributed by atoms with E-state index in [1.807, 2.05) is 0 Å². The Morgan fingerprint density at radius 3 is 2.43 bits per heavy atom. The Morgan fingerprint density at radius 2 is 1.95 bits per heavy atom. The molecular weight excluding hydrogens is 291 g/mol. The molecule has 0 N–H and O–H groups in total. The standard InChI is InChI=1S/C13H12F3NO4/c1-7(12(19)20-3)11(21-8(2)18)9-5-4-6-10(17-9)13(14,15)16/h4-6,11H,1H2,2-3H3. The minimum absolute atomic E-state index is 0.268. The van der Waals surface area contributed by atoms with Crippen molar-refractivity contribution in [2.24, 2.45) is 0 Å². The first-order chi connectivity index (χ1) is 9.66. The van der Waals surface area contributed by atoms with Gasteiger partial charge in [-0.05, 0) is 12.1 Å². The normalized spacial score (nSPS) is 12.4. The molecule has 0 aliphatic rings. The van der Waals surface area contributed by atoms with E-state index in [4.69, 9.17) is 4.74 Å². The minimum Gasteiger partial charge on any atom is -0.466 e. The van der Waals surface area contributed by atoms with Crippen molar-refractivity contribution in [3.05, 3.63) is 41.7 Å². The molecule has 0 fully saturated rings. The molecule has 0 aromatic carbocycles. The Labute approximate surface area is 118 Å². The van der Waals surface area contributed by atoms with Gasteiger partial charge in [0.05, 0.1) is 18.4 Å². The molecule has 1 unspecified atom stereocenters. The molecule has 1 aromatic heterocycles. The van der Waals surface area contributed by atoms with Gasteiger partial charge in [-0.3, -0.25) is 4.79 Å². The van der Waals surface area contributed by atoms with Gasteiger partial charge in [0.1, 0.15) is 5.69 Å². The summed E-state index contributed by atoms with van der Waals surface area (Å²) in [6.45, 7) is 4.42. The number of carbonyl (C=O) groups is 2. The molecule has 0 saturated carbocycles. The maximum absolute atomic E-state index is 12.6. The first-order valence-corrected chi connectivity index (χ1v) is 5.65. The van der Waals surface area contributed by atoms with E-state index in [0.717, 1.165) is 26.2 Å². The molecule has 0 saturated heterocycles. The molecule has 0 aliphatic heterocycles. The van der Waals surface area contributed by atoms with Crippen molar-refractivity contribution < 1.29 is 32.2 Å². The van der Waals surface area contributed by atoms with Crippen molar-refractivity contribution in [1.29, 1.82) is 0 Å². The van der Waals surface area contributed by atoms with E-state index in [0.29, 0.717) is 0 Å². The second-order valence-electron chi connectivity index (χ2n) is 3.95. The molecule has 1 heterocycles. The van der Waals surface area contributed by atoms with Crippen LogP contribution in [0, 0.1) is 0 Å². The number of alkyl halides is 3. The maximum Gasteiger partial charge on any atom is 0.433 e. The van der Waals surface area contributed by atoms with E-state index in [2.05, 4.69) is 16.3 Å². The van der Waals surface area contributed by atoms with Crippen LogP contribution in [0.4, 0.5) is 13.2 Å². The van der Waals surface area contributed by atoms with Gasteiger partial charge in [0.15, 0.2) is 6.10 Å². The number of rotatable bonds is 4. The number of halogens is 3. The summed E-state index contributed by atoms with van der Waals surface area (Å²) in [5, 5.41) is 0. The summed E-state index contributed by atoms with van der Waals surface area (Å²) in [5.41, 5.74) is -1.77. The predicted molar refractivity (Wildman–Crippen MR) is 64.9 cm³/mol. The van der Waals surface area contributed by atoms with Crippen LogP contribution in [0.15, 0.2) is 30.4 Å². The molecule has 114 valence electrons. The number of carbonyl (C=O) groups excluding carboxylic acids is 2. The first-order valence-electron chi connectivity index (χ1n) is 5.65. The Kier molecular flexibility index (Phi) is 5.07.